The van der Waals surface area contributed by atoms with E-state index in [0.29, 0.717) is 16.9 Å². The summed E-state index contributed by atoms with van der Waals surface area (Å²) in [6.45, 7) is 1.51. The Hall–Kier alpha value is -4.16. The molecule has 1 aromatic heterocycles. The van der Waals surface area contributed by atoms with E-state index in [1.807, 2.05) is 0 Å². The number of hydrogen-bond donors (Lipinski definition) is 2. The third-order valence-corrected chi connectivity index (χ3v) is 7.06. The van der Waals surface area contributed by atoms with Gasteiger partial charge >= 0.3 is 5.97 Å². The zero-order chi connectivity index (χ0) is 23.8. The predicted molar refractivity (Wildman–Crippen MR) is 121 cm³/mol. The van der Waals surface area contributed by atoms with Crippen molar-refractivity contribution >= 4 is 38.3 Å². The number of anilines is 2. The van der Waals surface area contributed by atoms with Crippen LogP contribution in [-0.4, -0.2) is 23.5 Å². The summed E-state index contributed by atoms with van der Waals surface area (Å²) in [5.74, 6) is -1.73. The largest absolute Gasteiger partial charge is 0.481 e. The number of carboxylic acid groups (broad SMARTS) is 1. The first kappa shape index (κ1) is 22.0. The van der Waals surface area contributed by atoms with Crippen LogP contribution >= 0.6 is 0 Å². The van der Waals surface area contributed by atoms with Crippen LogP contribution in [0.5, 0.6) is 0 Å². The van der Waals surface area contributed by atoms with Crippen molar-refractivity contribution in [3.05, 3.63) is 89.4 Å². The van der Waals surface area contributed by atoms with Gasteiger partial charge in [-0.05, 0) is 73.2 Å². The minimum Gasteiger partial charge on any atom is -0.481 e. The van der Waals surface area contributed by atoms with Gasteiger partial charge in [-0.3, -0.25) is 4.79 Å². The van der Waals surface area contributed by atoms with Crippen molar-refractivity contribution in [1.29, 1.82) is 5.26 Å². The molecule has 4 aromatic rings. The lowest BCUT2D eigenvalue weighted by molar-refractivity contribution is -0.136. The minimum atomic E-state index is -4.09. The number of nitrogens with zero attached hydrogens (tertiary/aromatic N) is 2. The first-order valence-electron chi connectivity index (χ1n) is 9.85. The lowest BCUT2D eigenvalue weighted by Crippen LogP contribution is -2.15. The molecular weight excluding hydrogens is 445 g/mol. The summed E-state index contributed by atoms with van der Waals surface area (Å²) >= 11 is 0. The van der Waals surface area contributed by atoms with Gasteiger partial charge in [0.15, 0.2) is 0 Å². The summed E-state index contributed by atoms with van der Waals surface area (Å²) in [4.78, 5) is 11.3. The molecule has 1 heterocycles. The van der Waals surface area contributed by atoms with Gasteiger partial charge in [0, 0.05) is 22.5 Å². The molecule has 0 aliphatic heterocycles. The number of aromatic nitrogens is 1. The van der Waals surface area contributed by atoms with Crippen LogP contribution in [0.3, 0.4) is 0 Å². The predicted octanol–water partition coefficient (Wildman–Crippen LogP) is 4.57. The molecule has 0 bridgehead atoms. The highest BCUT2D eigenvalue weighted by molar-refractivity contribution is 7.90. The van der Waals surface area contributed by atoms with Gasteiger partial charge in [0.2, 0.25) is 0 Å². The van der Waals surface area contributed by atoms with E-state index in [4.69, 9.17) is 5.26 Å². The summed E-state index contributed by atoms with van der Waals surface area (Å²) < 4.78 is 41.9. The average molecular weight is 463 g/mol. The van der Waals surface area contributed by atoms with E-state index in [2.05, 4.69) is 11.4 Å². The smallest absolute Gasteiger partial charge is 0.307 e. The maximum Gasteiger partial charge on any atom is 0.307 e. The molecule has 33 heavy (non-hydrogen) atoms. The Balaban J connectivity index is 1.75. The number of nitrogens with one attached hydrogen (secondary N) is 1. The van der Waals surface area contributed by atoms with Crippen LogP contribution in [0.15, 0.2) is 71.6 Å². The second-order valence-corrected chi connectivity index (χ2v) is 9.19. The van der Waals surface area contributed by atoms with E-state index < -0.39 is 28.2 Å². The number of halogens is 1. The van der Waals surface area contributed by atoms with E-state index in [1.54, 1.807) is 36.4 Å². The number of fused-ring (bicyclic) bond motifs is 1. The molecule has 0 spiro atoms. The van der Waals surface area contributed by atoms with Crippen molar-refractivity contribution < 1.29 is 22.7 Å². The SMILES string of the molecule is Cc1c(CC(=O)O)c2cc(F)ccc2n1S(=O)(=O)c1ccc(Nc2cccc(C#N)c2)cc1. The summed E-state index contributed by atoms with van der Waals surface area (Å²) in [5.41, 5.74) is 2.46. The maximum absolute atomic E-state index is 13.9. The van der Waals surface area contributed by atoms with Crippen molar-refractivity contribution in [2.75, 3.05) is 5.32 Å². The highest BCUT2D eigenvalue weighted by Gasteiger charge is 2.26. The first-order valence-corrected chi connectivity index (χ1v) is 11.3. The van der Waals surface area contributed by atoms with Gasteiger partial charge < -0.3 is 10.4 Å². The summed E-state index contributed by atoms with van der Waals surface area (Å²) in [6.07, 6.45) is -0.432. The van der Waals surface area contributed by atoms with Crippen molar-refractivity contribution in [2.24, 2.45) is 0 Å². The van der Waals surface area contributed by atoms with Crippen molar-refractivity contribution in [2.45, 2.75) is 18.2 Å². The third-order valence-electron chi connectivity index (χ3n) is 5.24. The molecule has 9 heteroatoms. The topological polar surface area (TPSA) is 112 Å². The number of hydrogen-bond acceptors (Lipinski definition) is 5. The van der Waals surface area contributed by atoms with E-state index in [-0.39, 0.29) is 27.1 Å². The second-order valence-electron chi connectivity index (χ2n) is 7.41. The Morgan fingerprint density at radius 1 is 1.09 bits per heavy atom. The van der Waals surface area contributed by atoms with Crippen LogP contribution in [0.25, 0.3) is 10.9 Å². The Bertz CT molecular complexity index is 1530. The third kappa shape index (κ3) is 4.16. The average Bonchev–Trinajstić information content (AvgIpc) is 3.05. The molecule has 7 nitrogen and oxygen atoms in total. The zero-order valence-electron chi connectivity index (χ0n) is 17.4. The van der Waals surface area contributed by atoms with Crippen LogP contribution in [0.2, 0.25) is 0 Å². The van der Waals surface area contributed by atoms with Crippen LogP contribution in [0, 0.1) is 24.1 Å². The molecule has 0 saturated heterocycles. The molecule has 0 atom stereocenters. The fourth-order valence-corrected chi connectivity index (χ4v) is 5.34. The van der Waals surface area contributed by atoms with Crippen LogP contribution in [-0.2, 0) is 21.2 Å². The quantitative estimate of drug-likeness (QED) is 0.433. The van der Waals surface area contributed by atoms with Crippen LogP contribution < -0.4 is 5.32 Å². The monoisotopic (exact) mass is 463 g/mol. The van der Waals surface area contributed by atoms with Gasteiger partial charge in [-0.25, -0.2) is 16.8 Å². The highest BCUT2D eigenvalue weighted by Crippen LogP contribution is 2.31. The van der Waals surface area contributed by atoms with Crippen LogP contribution in [0.4, 0.5) is 15.8 Å². The van der Waals surface area contributed by atoms with Crippen molar-refractivity contribution in [1.82, 2.24) is 3.97 Å². The van der Waals surface area contributed by atoms with Crippen LogP contribution in [0.1, 0.15) is 16.8 Å². The maximum atomic E-state index is 13.9. The highest BCUT2D eigenvalue weighted by atomic mass is 32.2. The van der Waals surface area contributed by atoms with Gasteiger partial charge in [0.05, 0.1) is 28.5 Å². The van der Waals surface area contributed by atoms with E-state index in [1.165, 1.54) is 25.1 Å². The number of aliphatic carboxylic acids is 1. The molecule has 0 fully saturated rings. The second kappa shape index (κ2) is 8.41. The lowest BCUT2D eigenvalue weighted by atomic mass is 10.1. The van der Waals surface area contributed by atoms with Gasteiger partial charge in [-0.2, -0.15) is 5.26 Å². The molecule has 0 aliphatic rings. The van der Waals surface area contributed by atoms with Crippen molar-refractivity contribution in [3.8, 4) is 6.07 Å². The molecule has 4 rings (SSSR count). The van der Waals surface area contributed by atoms with E-state index in [0.717, 1.165) is 16.1 Å². The standard InChI is InChI=1S/C24H18FN3O4S/c1-15-21(13-24(29)30)22-12-17(25)5-10-23(22)28(15)33(31,32)20-8-6-18(7-9-20)27-19-4-2-3-16(11-19)14-26/h2-12,27H,13H2,1H3,(H,29,30). The number of carbonyl (C=O) groups is 1. The Morgan fingerprint density at radius 2 is 1.82 bits per heavy atom. The Morgan fingerprint density at radius 3 is 2.48 bits per heavy atom. The number of rotatable bonds is 6. The van der Waals surface area contributed by atoms with E-state index >= 15 is 0 Å². The number of benzene rings is 3. The van der Waals surface area contributed by atoms with Gasteiger partial charge in [0.1, 0.15) is 5.82 Å². The Kier molecular flexibility index (Phi) is 5.62. The molecule has 0 amide bonds. The molecule has 3 aromatic carbocycles. The first-order chi connectivity index (χ1) is 15.7. The fourth-order valence-electron chi connectivity index (χ4n) is 3.76. The molecular formula is C24H18FN3O4S. The molecule has 166 valence electrons. The summed E-state index contributed by atoms with van der Waals surface area (Å²) in [6, 6.07) is 18.6. The molecule has 0 unspecified atom stereocenters. The Labute approximate surface area is 189 Å². The number of nitriles is 1. The molecule has 0 radical (unpaired) electrons. The molecule has 2 N–H and O–H groups in total. The van der Waals surface area contributed by atoms with Gasteiger partial charge in [-0.15, -0.1) is 0 Å². The molecule has 0 aliphatic carbocycles. The van der Waals surface area contributed by atoms with E-state index in [9.17, 15) is 22.7 Å². The number of carboxylic acids is 1. The zero-order valence-corrected chi connectivity index (χ0v) is 18.2. The minimum absolute atomic E-state index is 0.00924. The van der Waals surface area contributed by atoms with Gasteiger partial charge in [-0.1, -0.05) is 6.07 Å². The van der Waals surface area contributed by atoms with Crippen molar-refractivity contribution in [3.63, 3.8) is 0 Å². The molecule has 0 saturated carbocycles. The summed E-state index contributed by atoms with van der Waals surface area (Å²) in [7, 11) is -4.09. The fraction of sp³-hybridized carbons (Fsp3) is 0.0833. The summed E-state index contributed by atoms with van der Waals surface area (Å²) in [5, 5.41) is 21.6. The van der Waals surface area contributed by atoms with Gasteiger partial charge in [0.25, 0.3) is 10.0 Å². The lowest BCUT2D eigenvalue weighted by Gasteiger charge is -2.12. The normalized spacial score (nSPS) is 11.3.